The summed E-state index contributed by atoms with van der Waals surface area (Å²) in [6.45, 7) is 0. The Morgan fingerprint density at radius 2 is 0.800 bits per heavy atom. The molecule has 0 fully saturated rings. The molecule has 0 aliphatic rings. The van der Waals surface area contributed by atoms with Crippen LogP contribution in [0.25, 0.3) is 99.5 Å². The van der Waals surface area contributed by atoms with Gasteiger partial charge in [0.2, 0.25) is 0 Å². The molecule has 10 rings (SSSR count). The van der Waals surface area contributed by atoms with Crippen molar-refractivity contribution in [3.63, 3.8) is 0 Å². The summed E-state index contributed by atoms with van der Waals surface area (Å²) in [6.07, 6.45) is 0. The fourth-order valence-corrected chi connectivity index (χ4v) is 7.60. The number of hydrogen-bond acceptors (Lipinski definition) is 3. The average Bonchev–Trinajstić information content (AvgIpc) is 3.76. The summed E-state index contributed by atoms with van der Waals surface area (Å²) < 4.78 is 0. The van der Waals surface area contributed by atoms with Gasteiger partial charge in [-0.15, -0.1) is 10.2 Å². The van der Waals surface area contributed by atoms with Crippen LogP contribution in [-0.2, 0) is 0 Å². The van der Waals surface area contributed by atoms with E-state index in [4.69, 9.17) is 10.2 Å². The monoisotopic (exact) mass is 639 g/mol. The van der Waals surface area contributed by atoms with E-state index < -0.39 is 0 Å². The van der Waals surface area contributed by atoms with Gasteiger partial charge >= 0.3 is 0 Å². The van der Waals surface area contributed by atoms with Crippen molar-refractivity contribution in [2.75, 3.05) is 0 Å². The van der Waals surface area contributed by atoms with Gasteiger partial charge in [-0.05, 0) is 39.6 Å². The zero-order valence-corrected chi connectivity index (χ0v) is 26.9. The Bertz CT molecular complexity index is 2850. The number of benzene rings is 7. The van der Waals surface area contributed by atoms with Gasteiger partial charge in [-0.2, -0.15) is 0 Å². The molecule has 0 unspecified atom stereocenters. The Labute approximate surface area is 287 Å². The van der Waals surface area contributed by atoms with Gasteiger partial charge < -0.3 is 9.97 Å². The van der Waals surface area contributed by atoms with Gasteiger partial charge in [0.25, 0.3) is 0 Å². The van der Waals surface area contributed by atoms with Gasteiger partial charge in [-0.25, -0.2) is 0 Å². The Kier molecular flexibility index (Phi) is 6.42. The first kappa shape index (κ1) is 28.2. The first-order valence-corrected chi connectivity index (χ1v) is 16.8. The molecular weight excluding hydrogens is 611 g/mol. The van der Waals surface area contributed by atoms with E-state index in [1.165, 1.54) is 10.8 Å². The van der Waals surface area contributed by atoms with Gasteiger partial charge in [0.15, 0.2) is 0 Å². The fraction of sp³-hybridized carbons (Fsp3) is 0. The third kappa shape index (κ3) is 4.37. The fourth-order valence-electron chi connectivity index (χ4n) is 7.60. The molecule has 0 spiro atoms. The van der Waals surface area contributed by atoms with Gasteiger partial charge in [-0.1, -0.05) is 152 Å². The number of aromatic amines is 2. The molecule has 3 heterocycles. The molecule has 5 heteroatoms. The third-order valence-electron chi connectivity index (χ3n) is 9.83. The number of rotatable bonds is 5. The molecule has 0 aliphatic carbocycles. The molecule has 10 aromatic rings. The quantitative estimate of drug-likeness (QED) is 0.197. The maximum atomic E-state index is 4.95. The Morgan fingerprint density at radius 3 is 1.42 bits per heavy atom. The number of aromatic nitrogens is 5. The molecular formula is C45H29N5. The normalized spacial score (nSPS) is 11.6. The van der Waals surface area contributed by atoms with Crippen molar-refractivity contribution in [3.05, 3.63) is 164 Å². The van der Waals surface area contributed by atoms with Crippen LogP contribution in [0.2, 0.25) is 0 Å². The number of hydrogen-bond donors (Lipinski definition) is 2. The molecule has 0 radical (unpaired) electrons. The lowest BCUT2D eigenvalue weighted by Gasteiger charge is -2.19. The van der Waals surface area contributed by atoms with Gasteiger partial charge in [0.05, 0.1) is 11.0 Å². The van der Waals surface area contributed by atoms with Crippen molar-refractivity contribution in [3.8, 4) is 55.9 Å². The van der Waals surface area contributed by atoms with Crippen molar-refractivity contribution in [2.24, 2.45) is 0 Å². The number of para-hydroxylation sites is 2. The maximum absolute atomic E-state index is 4.95. The highest BCUT2D eigenvalue weighted by Gasteiger charge is 2.26. The van der Waals surface area contributed by atoms with E-state index in [-0.39, 0.29) is 0 Å². The first-order chi connectivity index (χ1) is 24.8. The number of nitrogens with one attached hydrogen (secondary N) is 2. The molecule has 50 heavy (non-hydrogen) atoms. The van der Waals surface area contributed by atoms with Crippen molar-refractivity contribution in [1.29, 1.82) is 0 Å². The summed E-state index contributed by atoms with van der Waals surface area (Å²) in [5.74, 6) is 0. The Balaban J connectivity index is 1.41. The van der Waals surface area contributed by atoms with E-state index in [9.17, 15) is 0 Å². The van der Waals surface area contributed by atoms with Crippen LogP contribution in [0.1, 0.15) is 0 Å². The SMILES string of the molecule is c1ccc(-c2ccc3c([nH]c4ccccc43)c2-c2ccc3c([nH]c4ccccc43)c2-c2nnnc(-c3ccccc3)c2-c2ccccc2)cc1. The average molecular weight is 640 g/mol. The molecule has 7 aromatic carbocycles. The molecule has 234 valence electrons. The van der Waals surface area contributed by atoms with Crippen LogP contribution >= 0.6 is 0 Å². The van der Waals surface area contributed by atoms with E-state index in [1.807, 2.05) is 24.3 Å². The van der Waals surface area contributed by atoms with Gasteiger partial charge in [0.1, 0.15) is 11.4 Å². The molecule has 5 nitrogen and oxygen atoms in total. The molecule has 2 N–H and O–H groups in total. The smallest absolute Gasteiger partial charge is 0.108 e. The van der Waals surface area contributed by atoms with Crippen LogP contribution in [0.5, 0.6) is 0 Å². The molecule has 0 saturated carbocycles. The summed E-state index contributed by atoms with van der Waals surface area (Å²) in [6, 6.07) is 57.4. The highest BCUT2D eigenvalue weighted by atomic mass is 15.3. The van der Waals surface area contributed by atoms with Crippen LogP contribution in [-0.4, -0.2) is 25.4 Å². The molecule has 0 amide bonds. The molecule has 0 aliphatic heterocycles. The van der Waals surface area contributed by atoms with Crippen molar-refractivity contribution in [1.82, 2.24) is 25.4 Å². The van der Waals surface area contributed by atoms with Crippen molar-refractivity contribution in [2.45, 2.75) is 0 Å². The number of fused-ring (bicyclic) bond motifs is 6. The zero-order chi connectivity index (χ0) is 33.0. The highest BCUT2D eigenvalue weighted by Crippen LogP contribution is 2.49. The van der Waals surface area contributed by atoms with Crippen molar-refractivity contribution >= 4 is 43.6 Å². The second-order valence-electron chi connectivity index (χ2n) is 12.6. The number of H-pyrrole nitrogens is 2. The number of nitrogens with zero attached hydrogens (tertiary/aromatic N) is 3. The minimum atomic E-state index is 0.768. The second-order valence-corrected chi connectivity index (χ2v) is 12.6. The van der Waals surface area contributed by atoms with Crippen LogP contribution in [0.15, 0.2) is 164 Å². The van der Waals surface area contributed by atoms with Gasteiger partial charge in [0, 0.05) is 54.8 Å². The topological polar surface area (TPSA) is 70.2 Å². The molecule has 0 atom stereocenters. The van der Waals surface area contributed by atoms with E-state index in [0.717, 1.165) is 88.7 Å². The summed E-state index contributed by atoms with van der Waals surface area (Å²) in [5.41, 5.74) is 14.2. The minimum absolute atomic E-state index is 0.768. The maximum Gasteiger partial charge on any atom is 0.108 e. The van der Waals surface area contributed by atoms with E-state index >= 15 is 0 Å². The third-order valence-corrected chi connectivity index (χ3v) is 9.83. The zero-order valence-electron chi connectivity index (χ0n) is 26.9. The Morgan fingerprint density at radius 1 is 0.320 bits per heavy atom. The van der Waals surface area contributed by atoms with Crippen molar-refractivity contribution < 1.29 is 0 Å². The lowest BCUT2D eigenvalue weighted by Crippen LogP contribution is -2.02. The summed E-state index contributed by atoms with van der Waals surface area (Å²) in [5, 5.41) is 18.8. The van der Waals surface area contributed by atoms with Gasteiger partial charge in [-0.3, -0.25) is 0 Å². The summed E-state index contributed by atoms with van der Waals surface area (Å²) in [4.78, 5) is 7.66. The predicted octanol–water partition coefficient (Wildman–Crippen LogP) is 11.5. The highest BCUT2D eigenvalue weighted by molar-refractivity contribution is 6.20. The van der Waals surface area contributed by atoms with Crippen LogP contribution in [0.3, 0.4) is 0 Å². The molecule has 0 bridgehead atoms. The second kappa shape index (κ2) is 11.4. The molecule has 0 saturated heterocycles. The van der Waals surface area contributed by atoms with E-state index in [2.05, 4.69) is 155 Å². The minimum Gasteiger partial charge on any atom is -0.354 e. The van der Waals surface area contributed by atoms with Crippen LogP contribution < -0.4 is 0 Å². The lowest BCUT2D eigenvalue weighted by atomic mass is 9.85. The standard InChI is InChI=1S/C45H29N5/c1-4-14-28(15-5-1)31-24-25-34-32-20-10-12-22-37(32)46-43(34)40(31)36-27-26-35-33-21-11-13-23-38(33)47-44(35)41(36)45-39(29-16-6-2-7-17-29)42(48-50-49-45)30-18-8-3-9-19-30/h1-27,46-47H. The lowest BCUT2D eigenvalue weighted by molar-refractivity contribution is 0.879. The van der Waals surface area contributed by atoms with E-state index in [0.29, 0.717) is 0 Å². The van der Waals surface area contributed by atoms with E-state index in [1.54, 1.807) is 0 Å². The largest absolute Gasteiger partial charge is 0.354 e. The Hall–Kier alpha value is -6.85. The predicted molar refractivity (Wildman–Crippen MR) is 206 cm³/mol. The first-order valence-electron chi connectivity index (χ1n) is 16.8. The summed E-state index contributed by atoms with van der Waals surface area (Å²) in [7, 11) is 0. The summed E-state index contributed by atoms with van der Waals surface area (Å²) >= 11 is 0. The van der Waals surface area contributed by atoms with Crippen LogP contribution in [0.4, 0.5) is 0 Å². The van der Waals surface area contributed by atoms with Crippen LogP contribution in [0, 0.1) is 0 Å². The molecule has 3 aromatic heterocycles.